The van der Waals surface area contributed by atoms with Gasteiger partial charge in [0.25, 0.3) is 0 Å². The highest BCUT2D eigenvalue weighted by atomic mass is 16.6. The number of anilines is 2. The zero-order chi connectivity index (χ0) is 15.5. The minimum absolute atomic E-state index is 0.0232. The predicted molar refractivity (Wildman–Crippen MR) is 81.0 cm³/mol. The Balaban J connectivity index is 1.95. The van der Waals surface area contributed by atoms with Crippen LogP contribution in [0, 0.1) is 0 Å². The monoisotopic (exact) mass is 293 g/mol. The van der Waals surface area contributed by atoms with Crippen molar-refractivity contribution in [1.82, 2.24) is 15.3 Å². The lowest BCUT2D eigenvalue weighted by atomic mass is 10.1. The summed E-state index contributed by atoms with van der Waals surface area (Å²) in [6.07, 6.45) is 4.67. The Hall–Kier alpha value is -2.05. The van der Waals surface area contributed by atoms with Crippen LogP contribution >= 0.6 is 0 Å². The van der Waals surface area contributed by atoms with Crippen molar-refractivity contribution < 1.29 is 9.53 Å². The van der Waals surface area contributed by atoms with E-state index in [2.05, 4.69) is 15.3 Å². The summed E-state index contributed by atoms with van der Waals surface area (Å²) in [7, 11) is 0. The van der Waals surface area contributed by atoms with E-state index >= 15 is 0 Å². The first-order chi connectivity index (χ1) is 9.85. The number of nitrogens with one attached hydrogen (secondary N) is 1. The smallest absolute Gasteiger partial charge is 0.407 e. The van der Waals surface area contributed by atoms with E-state index in [0.29, 0.717) is 18.2 Å². The molecule has 3 N–H and O–H groups in total. The lowest BCUT2D eigenvalue weighted by Gasteiger charge is -2.34. The maximum Gasteiger partial charge on any atom is 0.407 e. The second-order valence-electron chi connectivity index (χ2n) is 6.20. The molecule has 1 fully saturated rings. The van der Waals surface area contributed by atoms with Crippen molar-refractivity contribution in [3.63, 3.8) is 0 Å². The Morgan fingerprint density at radius 2 is 2.14 bits per heavy atom. The van der Waals surface area contributed by atoms with Crippen LogP contribution in [0.1, 0.15) is 33.6 Å². The SMILES string of the molecule is CC(C)(C)OC(=O)N[C@@H]1CCCN(c2nccnc2N)C1. The van der Waals surface area contributed by atoms with Crippen LogP contribution in [0.4, 0.5) is 16.4 Å². The van der Waals surface area contributed by atoms with Crippen molar-refractivity contribution in [2.75, 3.05) is 23.7 Å². The molecule has 2 heterocycles. The van der Waals surface area contributed by atoms with Gasteiger partial charge in [0.15, 0.2) is 11.6 Å². The maximum absolute atomic E-state index is 11.8. The highest BCUT2D eigenvalue weighted by molar-refractivity contribution is 5.68. The summed E-state index contributed by atoms with van der Waals surface area (Å²) in [5, 5.41) is 2.90. The number of nitrogen functional groups attached to an aromatic ring is 1. The molecule has 2 rings (SSSR count). The van der Waals surface area contributed by atoms with Gasteiger partial charge in [-0.3, -0.25) is 0 Å². The van der Waals surface area contributed by atoms with Gasteiger partial charge in [0.05, 0.1) is 0 Å². The molecule has 0 spiro atoms. The summed E-state index contributed by atoms with van der Waals surface area (Å²) < 4.78 is 5.28. The van der Waals surface area contributed by atoms with E-state index in [0.717, 1.165) is 19.4 Å². The first-order valence-corrected chi connectivity index (χ1v) is 7.16. The van der Waals surface area contributed by atoms with Gasteiger partial charge >= 0.3 is 6.09 Å². The van der Waals surface area contributed by atoms with Gasteiger partial charge < -0.3 is 20.7 Å². The van der Waals surface area contributed by atoms with Crippen LogP contribution in [-0.4, -0.2) is 40.8 Å². The number of amides is 1. The average molecular weight is 293 g/mol. The fourth-order valence-electron chi connectivity index (χ4n) is 2.35. The molecule has 21 heavy (non-hydrogen) atoms. The minimum atomic E-state index is -0.492. The number of alkyl carbamates (subject to hydrolysis) is 1. The van der Waals surface area contributed by atoms with Gasteiger partial charge in [-0.05, 0) is 33.6 Å². The molecule has 0 aromatic carbocycles. The summed E-state index contributed by atoms with van der Waals surface area (Å²) in [4.78, 5) is 22.2. The number of piperidine rings is 1. The molecular formula is C14H23N5O2. The highest BCUT2D eigenvalue weighted by Crippen LogP contribution is 2.21. The van der Waals surface area contributed by atoms with Crippen molar-refractivity contribution in [2.45, 2.75) is 45.3 Å². The summed E-state index contributed by atoms with van der Waals surface area (Å²) in [5.41, 5.74) is 5.36. The number of hydrogen-bond acceptors (Lipinski definition) is 6. The number of carbonyl (C=O) groups excluding carboxylic acids is 1. The molecule has 0 saturated carbocycles. The third-order valence-electron chi connectivity index (χ3n) is 3.15. The number of carbonyl (C=O) groups is 1. The fraction of sp³-hybridized carbons (Fsp3) is 0.643. The van der Waals surface area contributed by atoms with E-state index in [1.165, 1.54) is 0 Å². The molecule has 7 heteroatoms. The first-order valence-electron chi connectivity index (χ1n) is 7.16. The lowest BCUT2D eigenvalue weighted by Crippen LogP contribution is -2.49. The number of hydrogen-bond donors (Lipinski definition) is 2. The van der Waals surface area contributed by atoms with Crippen molar-refractivity contribution in [3.05, 3.63) is 12.4 Å². The molecule has 1 atom stereocenters. The molecule has 1 amide bonds. The number of aromatic nitrogens is 2. The molecule has 1 saturated heterocycles. The second kappa shape index (κ2) is 6.15. The van der Waals surface area contributed by atoms with Crippen LogP contribution in [0.3, 0.4) is 0 Å². The van der Waals surface area contributed by atoms with Gasteiger partial charge in [-0.25, -0.2) is 14.8 Å². The molecule has 1 aromatic heterocycles. The molecule has 0 unspecified atom stereocenters. The van der Waals surface area contributed by atoms with Crippen LogP contribution in [0.25, 0.3) is 0 Å². The zero-order valence-electron chi connectivity index (χ0n) is 12.8. The minimum Gasteiger partial charge on any atom is -0.444 e. The molecule has 0 radical (unpaired) electrons. The van der Waals surface area contributed by atoms with Crippen LogP contribution in [0.5, 0.6) is 0 Å². The summed E-state index contributed by atoms with van der Waals surface area (Å²) in [5.74, 6) is 1.09. The molecular weight excluding hydrogens is 270 g/mol. The van der Waals surface area contributed by atoms with Crippen LogP contribution in [-0.2, 0) is 4.74 Å². The zero-order valence-corrected chi connectivity index (χ0v) is 12.8. The number of ether oxygens (including phenoxy) is 1. The van der Waals surface area contributed by atoms with Gasteiger partial charge in [-0.2, -0.15) is 0 Å². The van der Waals surface area contributed by atoms with Crippen LogP contribution in [0.15, 0.2) is 12.4 Å². The third kappa shape index (κ3) is 4.47. The molecule has 0 aliphatic carbocycles. The molecule has 1 aliphatic heterocycles. The Morgan fingerprint density at radius 1 is 1.43 bits per heavy atom. The topological polar surface area (TPSA) is 93.4 Å². The normalized spacial score (nSPS) is 19.2. The van der Waals surface area contributed by atoms with Gasteiger partial charge in [-0.1, -0.05) is 0 Å². The summed E-state index contributed by atoms with van der Waals surface area (Å²) >= 11 is 0. The van der Waals surface area contributed by atoms with Crippen molar-refractivity contribution in [1.29, 1.82) is 0 Å². The Labute approximate surface area is 124 Å². The highest BCUT2D eigenvalue weighted by Gasteiger charge is 2.25. The van der Waals surface area contributed by atoms with E-state index in [4.69, 9.17) is 10.5 Å². The van der Waals surface area contributed by atoms with E-state index < -0.39 is 5.60 Å². The largest absolute Gasteiger partial charge is 0.444 e. The molecule has 1 aromatic rings. The van der Waals surface area contributed by atoms with Gasteiger partial charge in [-0.15, -0.1) is 0 Å². The molecule has 0 bridgehead atoms. The van der Waals surface area contributed by atoms with E-state index in [9.17, 15) is 4.79 Å². The first kappa shape index (κ1) is 15.3. The van der Waals surface area contributed by atoms with Crippen molar-refractivity contribution >= 4 is 17.7 Å². The molecule has 1 aliphatic rings. The second-order valence-corrected chi connectivity index (χ2v) is 6.20. The summed E-state index contributed by atoms with van der Waals surface area (Å²) in [6.45, 7) is 7.05. The maximum atomic E-state index is 11.8. The van der Waals surface area contributed by atoms with E-state index in [-0.39, 0.29) is 12.1 Å². The Morgan fingerprint density at radius 3 is 2.81 bits per heavy atom. The fourth-order valence-corrected chi connectivity index (χ4v) is 2.35. The van der Waals surface area contributed by atoms with Gasteiger partial charge in [0.1, 0.15) is 5.60 Å². The molecule has 7 nitrogen and oxygen atoms in total. The third-order valence-corrected chi connectivity index (χ3v) is 3.15. The number of rotatable bonds is 2. The standard InChI is InChI=1S/C14H23N5O2/c1-14(2,3)21-13(20)18-10-5-4-8-19(9-10)12-11(15)16-6-7-17-12/h6-7,10H,4-5,8-9H2,1-3H3,(H2,15,16)(H,18,20)/t10-/m1/s1. The van der Waals surface area contributed by atoms with E-state index in [1.54, 1.807) is 12.4 Å². The lowest BCUT2D eigenvalue weighted by molar-refractivity contribution is 0.0500. The molecule has 116 valence electrons. The van der Waals surface area contributed by atoms with Crippen molar-refractivity contribution in [3.8, 4) is 0 Å². The van der Waals surface area contributed by atoms with E-state index in [1.807, 2.05) is 25.7 Å². The van der Waals surface area contributed by atoms with Gasteiger partial charge in [0.2, 0.25) is 0 Å². The van der Waals surface area contributed by atoms with Crippen LogP contribution < -0.4 is 16.0 Å². The predicted octanol–water partition coefficient (Wildman–Crippen LogP) is 1.55. The van der Waals surface area contributed by atoms with Crippen LogP contribution in [0.2, 0.25) is 0 Å². The Bertz CT molecular complexity index is 500. The number of nitrogens with zero attached hydrogens (tertiary/aromatic N) is 3. The number of nitrogens with two attached hydrogens (primary N) is 1. The summed E-state index contributed by atoms with van der Waals surface area (Å²) in [6, 6.07) is 0.0232. The average Bonchev–Trinajstić information content (AvgIpc) is 2.37. The van der Waals surface area contributed by atoms with Crippen molar-refractivity contribution in [2.24, 2.45) is 0 Å². The quantitative estimate of drug-likeness (QED) is 0.859. The van der Waals surface area contributed by atoms with Gasteiger partial charge in [0, 0.05) is 31.5 Å². The Kier molecular flexibility index (Phi) is 4.50.